The monoisotopic (exact) mass is 298 g/mol. The topological polar surface area (TPSA) is 87.7 Å². The van der Waals surface area contributed by atoms with Gasteiger partial charge < -0.3 is 20.5 Å². The van der Waals surface area contributed by atoms with E-state index in [0.717, 1.165) is 6.07 Å². The number of benzene rings is 1. The summed E-state index contributed by atoms with van der Waals surface area (Å²) in [6, 6.07) is 3.14. The summed E-state index contributed by atoms with van der Waals surface area (Å²) in [4.78, 5) is 23.1. The lowest BCUT2D eigenvalue weighted by Crippen LogP contribution is -2.53. The van der Waals surface area contributed by atoms with Crippen molar-refractivity contribution in [1.29, 1.82) is 0 Å². The third kappa shape index (κ3) is 4.34. The lowest BCUT2D eigenvalue weighted by Gasteiger charge is -2.25. The number of nitrogens with one attached hydrogen (secondary N) is 2. The van der Waals surface area contributed by atoms with Crippen molar-refractivity contribution >= 4 is 17.7 Å². The number of carboxylic acids is 1. The van der Waals surface area contributed by atoms with Crippen molar-refractivity contribution in [3.63, 3.8) is 0 Å². The first kappa shape index (κ1) is 16.7. The van der Waals surface area contributed by atoms with Crippen LogP contribution in [0.4, 0.5) is 14.9 Å². The normalized spacial score (nSPS) is 13.1. The van der Waals surface area contributed by atoms with Crippen LogP contribution in [0.3, 0.4) is 0 Å². The molecule has 0 aliphatic heterocycles. The number of hydrogen-bond donors (Lipinski definition) is 3. The minimum absolute atomic E-state index is 0.0117. The lowest BCUT2D eigenvalue weighted by atomic mass is 9.97. The highest BCUT2D eigenvalue weighted by Crippen LogP contribution is 2.21. The molecule has 2 amide bonds. The third-order valence-corrected chi connectivity index (χ3v) is 3.02. The Kier molecular flexibility index (Phi) is 5.52. The Balaban J connectivity index is 2.79. The predicted octanol–water partition coefficient (Wildman–Crippen LogP) is 2.60. The first-order chi connectivity index (χ1) is 9.82. The molecule has 6 nitrogen and oxygen atoms in total. The van der Waals surface area contributed by atoms with Crippen molar-refractivity contribution in [2.75, 3.05) is 12.4 Å². The number of anilines is 1. The van der Waals surface area contributed by atoms with Crippen LogP contribution in [-0.4, -0.2) is 29.8 Å². The van der Waals surface area contributed by atoms with Crippen LogP contribution in [-0.2, 0) is 4.79 Å². The smallest absolute Gasteiger partial charge is 0.329 e. The Morgan fingerprint density at radius 2 is 2.10 bits per heavy atom. The van der Waals surface area contributed by atoms with E-state index in [2.05, 4.69) is 10.6 Å². The van der Waals surface area contributed by atoms with E-state index >= 15 is 0 Å². The van der Waals surface area contributed by atoms with Gasteiger partial charge in [0.15, 0.2) is 11.6 Å². The summed E-state index contributed by atoms with van der Waals surface area (Å²) in [5, 5.41) is 14.0. The SMILES string of the molecule is CCCC(C)(NC(=O)Nc1ccc(F)c(OC)c1)C(=O)O. The van der Waals surface area contributed by atoms with Gasteiger partial charge in [-0.25, -0.2) is 14.0 Å². The molecule has 0 saturated heterocycles. The van der Waals surface area contributed by atoms with Gasteiger partial charge in [0.2, 0.25) is 0 Å². The number of urea groups is 1. The van der Waals surface area contributed by atoms with E-state index in [1.165, 1.54) is 26.2 Å². The largest absolute Gasteiger partial charge is 0.494 e. The van der Waals surface area contributed by atoms with Crippen LogP contribution in [0.2, 0.25) is 0 Å². The maximum absolute atomic E-state index is 13.3. The van der Waals surface area contributed by atoms with Gasteiger partial charge >= 0.3 is 12.0 Å². The zero-order chi connectivity index (χ0) is 16.0. The summed E-state index contributed by atoms with van der Waals surface area (Å²) in [5.41, 5.74) is -1.06. The molecule has 116 valence electrons. The summed E-state index contributed by atoms with van der Waals surface area (Å²) >= 11 is 0. The molecule has 0 fully saturated rings. The Morgan fingerprint density at radius 1 is 1.43 bits per heavy atom. The number of carboxylic acid groups (broad SMARTS) is 1. The fraction of sp³-hybridized carbons (Fsp3) is 0.429. The van der Waals surface area contributed by atoms with E-state index in [4.69, 9.17) is 4.74 Å². The van der Waals surface area contributed by atoms with Crippen molar-refractivity contribution in [3.05, 3.63) is 24.0 Å². The van der Waals surface area contributed by atoms with Gasteiger partial charge in [-0.15, -0.1) is 0 Å². The van der Waals surface area contributed by atoms with Crippen molar-refractivity contribution < 1.29 is 23.8 Å². The quantitative estimate of drug-likeness (QED) is 0.753. The summed E-state index contributed by atoms with van der Waals surface area (Å²) in [6.45, 7) is 3.26. The predicted molar refractivity (Wildman–Crippen MR) is 76.1 cm³/mol. The van der Waals surface area contributed by atoms with Crippen LogP contribution >= 0.6 is 0 Å². The van der Waals surface area contributed by atoms with Crippen LogP contribution in [0.15, 0.2) is 18.2 Å². The van der Waals surface area contributed by atoms with E-state index in [1.54, 1.807) is 0 Å². The van der Waals surface area contributed by atoms with Gasteiger partial charge in [0.1, 0.15) is 5.54 Å². The van der Waals surface area contributed by atoms with Crippen molar-refractivity contribution in [2.45, 2.75) is 32.2 Å². The molecule has 3 N–H and O–H groups in total. The second kappa shape index (κ2) is 6.92. The first-order valence-corrected chi connectivity index (χ1v) is 6.48. The fourth-order valence-corrected chi connectivity index (χ4v) is 1.87. The van der Waals surface area contributed by atoms with Gasteiger partial charge in [-0.2, -0.15) is 0 Å². The zero-order valence-electron chi connectivity index (χ0n) is 12.2. The van der Waals surface area contributed by atoms with Gasteiger partial charge in [0.25, 0.3) is 0 Å². The number of aliphatic carboxylic acids is 1. The average Bonchev–Trinajstić information content (AvgIpc) is 2.40. The molecule has 1 atom stereocenters. The molecule has 0 radical (unpaired) electrons. The van der Waals surface area contributed by atoms with E-state index in [-0.39, 0.29) is 5.75 Å². The summed E-state index contributed by atoms with van der Waals surface area (Å²) in [5.74, 6) is -1.68. The Labute approximate surface area is 122 Å². The second-order valence-electron chi connectivity index (χ2n) is 4.82. The minimum Gasteiger partial charge on any atom is -0.494 e. The van der Waals surface area contributed by atoms with E-state index < -0.39 is 23.4 Å². The Morgan fingerprint density at radius 3 is 2.62 bits per heavy atom. The molecule has 0 aliphatic carbocycles. The summed E-state index contributed by atoms with van der Waals surface area (Å²) < 4.78 is 18.1. The van der Waals surface area contributed by atoms with Crippen molar-refractivity contribution in [1.82, 2.24) is 5.32 Å². The lowest BCUT2D eigenvalue weighted by molar-refractivity contribution is -0.143. The summed E-state index contributed by atoms with van der Waals surface area (Å²) in [6.07, 6.45) is 0.899. The molecule has 1 aromatic carbocycles. The number of amides is 2. The maximum atomic E-state index is 13.3. The van der Waals surface area contributed by atoms with Gasteiger partial charge in [-0.3, -0.25) is 0 Å². The first-order valence-electron chi connectivity index (χ1n) is 6.48. The molecule has 1 unspecified atom stereocenters. The minimum atomic E-state index is -1.36. The van der Waals surface area contributed by atoms with Crippen molar-refractivity contribution in [2.24, 2.45) is 0 Å². The van der Waals surface area contributed by atoms with E-state index in [0.29, 0.717) is 18.5 Å². The molecule has 0 aliphatic rings. The highest BCUT2D eigenvalue weighted by atomic mass is 19.1. The van der Waals surface area contributed by atoms with Crippen LogP contribution in [0.5, 0.6) is 5.75 Å². The molecule has 0 spiro atoms. The molecule has 0 bridgehead atoms. The highest BCUT2D eigenvalue weighted by Gasteiger charge is 2.33. The molecular weight excluding hydrogens is 279 g/mol. The van der Waals surface area contributed by atoms with Gasteiger partial charge in [0.05, 0.1) is 7.11 Å². The maximum Gasteiger partial charge on any atom is 0.329 e. The molecule has 0 saturated carbocycles. The number of halogens is 1. The van der Waals surface area contributed by atoms with Gasteiger partial charge in [-0.05, 0) is 25.5 Å². The number of carbonyl (C=O) groups excluding carboxylic acids is 1. The Bertz CT molecular complexity index is 536. The number of methoxy groups -OCH3 is 1. The second-order valence-corrected chi connectivity index (χ2v) is 4.82. The molecule has 7 heteroatoms. The number of carbonyl (C=O) groups is 2. The highest BCUT2D eigenvalue weighted by molar-refractivity contribution is 5.93. The molecular formula is C14H19FN2O4. The van der Waals surface area contributed by atoms with Gasteiger partial charge in [-0.1, -0.05) is 13.3 Å². The van der Waals surface area contributed by atoms with Crippen LogP contribution in [0.1, 0.15) is 26.7 Å². The molecule has 1 aromatic rings. The molecule has 0 heterocycles. The van der Waals surface area contributed by atoms with Crippen LogP contribution in [0, 0.1) is 5.82 Å². The van der Waals surface area contributed by atoms with Gasteiger partial charge in [0, 0.05) is 11.8 Å². The van der Waals surface area contributed by atoms with Crippen LogP contribution in [0.25, 0.3) is 0 Å². The summed E-state index contributed by atoms with van der Waals surface area (Å²) in [7, 11) is 1.31. The number of rotatable bonds is 6. The van der Waals surface area contributed by atoms with Crippen LogP contribution < -0.4 is 15.4 Å². The number of ether oxygens (including phenoxy) is 1. The number of hydrogen-bond acceptors (Lipinski definition) is 3. The van der Waals surface area contributed by atoms with E-state index in [1.807, 2.05) is 6.92 Å². The standard InChI is InChI=1S/C14H19FN2O4/c1-4-7-14(2,12(18)19)17-13(20)16-9-5-6-10(15)11(8-9)21-3/h5-6,8H,4,7H2,1-3H3,(H,18,19)(H2,16,17,20). The Hall–Kier alpha value is -2.31. The molecule has 21 heavy (non-hydrogen) atoms. The zero-order valence-corrected chi connectivity index (χ0v) is 12.2. The average molecular weight is 298 g/mol. The third-order valence-electron chi connectivity index (χ3n) is 3.02. The molecule has 1 rings (SSSR count). The molecule has 0 aromatic heterocycles. The van der Waals surface area contributed by atoms with E-state index in [9.17, 15) is 19.1 Å². The fourth-order valence-electron chi connectivity index (χ4n) is 1.87. The van der Waals surface area contributed by atoms with Crippen molar-refractivity contribution in [3.8, 4) is 5.75 Å².